The van der Waals surface area contributed by atoms with Gasteiger partial charge in [0, 0.05) is 5.92 Å². The summed E-state index contributed by atoms with van der Waals surface area (Å²) in [4.78, 5) is 0. The topological polar surface area (TPSA) is 40.5 Å². The molecule has 3 unspecified atom stereocenters. The average Bonchev–Trinajstić information content (AvgIpc) is 2.27. The number of aliphatic hydroxyl groups is 2. The third kappa shape index (κ3) is 2.96. The maximum Gasteiger partial charge on any atom is 0.0618 e. The molecule has 0 aromatic carbocycles. The summed E-state index contributed by atoms with van der Waals surface area (Å²) in [5, 5.41) is 19.8. The Morgan fingerprint density at radius 1 is 1.14 bits per heavy atom. The van der Waals surface area contributed by atoms with Gasteiger partial charge in [0.15, 0.2) is 0 Å². The summed E-state index contributed by atoms with van der Waals surface area (Å²) < 4.78 is 0. The Labute approximate surface area is 87.3 Å². The molecule has 3 atom stereocenters. The standard InChI is InChI=1S/C12H24O2/c1-3-11(13)9(2)12(14)10-7-5-4-6-8-10/h9-14H,3-8H2,1-2H3. The maximum atomic E-state index is 10.1. The molecular formula is C12H24O2. The summed E-state index contributed by atoms with van der Waals surface area (Å²) in [6.45, 7) is 3.93. The van der Waals surface area contributed by atoms with Gasteiger partial charge in [-0.25, -0.2) is 0 Å². The molecule has 1 rings (SSSR count). The first kappa shape index (κ1) is 12.0. The lowest BCUT2D eigenvalue weighted by molar-refractivity contribution is -0.0205. The summed E-state index contributed by atoms with van der Waals surface area (Å²) in [5.41, 5.74) is 0. The molecule has 0 aliphatic heterocycles. The average molecular weight is 200 g/mol. The summed E-state index contributed by atoms with van der Waals surface area (Å²) in [6.07, 6.45) is 6.19. The van der Waals surface area contributed by atoms with E-state index in [4.69, 9.17) is 0 Å². The number of hydrogen-bond acceptors (Lipinski definition) is 2. The molecule has 0 amide bonds. The molecule has 0 saturated heterocycles. The fourth-order valence-electron chi connectivity index (χ4n) is 2.50. The van der Waals surface area contributed by atoms with Crippen molar-refractivity contribution in [3.05, 3.63) is 0 Å². The fraction of sp³-hybridized carbons (Fsp3) is 1.00. The van der Waals surface area contributed by atoms with Crippen LogP contribution in [0.2, 0.25) is 0 Å². The highest BCUT2D eigenvalue weighted by molar-refractivity contribution is 4.80. The van der Waals surface area contributed by atoms with E-state index in [1.807, 2.05) is 13.8 Å². The molecule has 1 saturated carbocycles. The van der Waals surface area contributed by atoms with Crippen molar-refractivity contribution < 1.29 is 10.2 Å². The van der Waals surface area contributed by atoms with Crippen molar-refractivity contribution in [2.45, 2.75) is 64.6 Å². The van der Waals surface area contributed by atoms with Crippen LogP contribution in [0.5, 0.6) is 0 Å². The molecule has 84 valence electrons. The second kappa shape index (κ2) is 5.72. The minimum atomic E-state index is -0.341. The largest absolute Gasteiger partial charge is 0.393 e. The number of rotatable bonds is 4. The van der Waals surface area contributed by atoms with Crippen molar-refractivity contribution in [2.75, 3.05) is 0 Å². The van der Waals surface area contributed by atoms with Crippen molar-refractivity contribution in [3.63, 3.8) is 0 Å². The number of aliphatic hydroxyl groups excluding tert-OH is 2. The van der Waals surface area contributed by atoms with E-state index in [2.05, 4.69) is 0 Å². The van der Waals surface area contributed by atoms with Gasteiger partial charge in [0.05, 0.1) is 12.2 Å². The minimum Gasteiger partial charge on any atom is -0.393 e. The van der Waals surface area contributed by atoms with E-state index in [0.29, 0.717) is 5.92 Å². The highest BCUT2D eigenvalue weighted by Crippen LogP contribution is 2.30. The Morgan fingerprint density at radius 3 is 2.21 bits per heavy atom. The SMILES string of the molecule is CCC(O)C(C)C(O)C1CCCCC1. The van der Waals surface area contributed by atoms with Crippen LogP contribution >= 0.6 is 0 Å². The normalized spacial score (nSPS) is 25.7. The van der Waals surface area contributed by atoms with E-state index in [0.717, 1.165) is 19.3 Å². The third-order valence-electron chi connectivity index (χ3n) is 3.70. The molecule has 0 spiro atoms. The highest BCUT2D eigenvalue weighted by Gasteiger charge is 2.29. The van der Waals surface area contributed by atoms with Gasteiger partial charge in [-0.15, -0.1) is 0 Å². The zero-order valence-electron chi connectivity index (χ0n) is 9.45. The third-order valence-corrected chi connectivity index (χ3v) is 3.70. The molecule has 2 heteroatoms. The summed E-state index contributed by atoms with van der Waals surface area (Å²) in [5.74, 6) is 0.461. The molecule has 1 aliphatic carbocycles. The minimum absolute atomic E-state index is 0.0306. The Balaban J connectivity index is 2.41. The van der Waals surface area contributed by atoms with Gasteiger partial charge in [-0.1, -0.05) is 33.1 Å². The second-order valence-electron chi connectivity index (χ2n) is 4.72. The highest BCUT2D eigenvalue weighted by atomic mass is 16.3. The molecule has 2 N–H and O–H groups in total. The quantitative estimate of drug-likeness (QED) is 0.731. The fourth-order valence-corrected chi connectivity index (χ4v) is 2.50. The predicted octanol–water partition coefficient (Wildman–Crippen LogP) is 2.33. The van der Waals surface area contributed by atoms with Crippen LogP contribution in [0.4, 0.5) is 0 Å². The van der Waals surface area contributed by atoms with Crippen LogP contribution in [0.15, 0.2) is 0 Å². The zero-order valence-corrected chi connectivity index (χ0v) is 9.45. The van der Waals surface area contributed by atoms with Gasteiger partial charge in [0.1, 0.15) is 0 Å². The van der Waals surface area contributed by atoms with Crippen LogP contribution in [-0.2, 0) is 0 Å². The Kier molecular flexibility index (Phi) is 4.90. The molecule has 1 fully saturated rings. The molecule has 14 heavy (non-hydrogen) atoms. The van der Waals surface area contributed by atoms with Crippen molar-refractivity contribution in [1.29, 1.82) is 0 Å². The van der Waals surface area contributed by atoms with Crippen LogP contribution in [0.3, 0.4) is 0 Å². The van der Waals surface area contributed by atoms with Gasteiger partial charge in [-0.3, -0.25) is 0 Å². The van der Waals surface area contributed by atoms with E-state index in [1.165, 1.54) is 19.3 Å². The van der Waals surface area contributed by atoms with Crippen LogP contribution in [0, 0.1) is 11.8 Å². The van der Waals surface area contributed by atoms with Gasteiger partial charge in [-0.2, -0.15) is 0 Å². The Bertz CT molecular complexity index is 150. The van der Waals surface area contributed by atoms with Gasteiger partial charge < -0.3 is 10.2 Å². The van der Waals surface area contributed by atoms with Crippen molar-refractivity contribution in [3.8, 4) is 0 Å². The molecule has 0 aromatic heterocycles. The molecule has 1 aliphatic rings. The molecule has 0 radical (unpaired) electrons. The van der Waals surface area contributed by atoms with E-state index >= 15 is 0 Å². The van der Waals surface area contributed by atoms with Gasteiger partial charge in [0.25, 0.3) is 0 Å². The van der Waals surface area contributed by atoms with Crippen LogP contribution in [-0.4, -0.2) is 22.4 Å². The molecule has 2 nitrogen and oxygen atoms in total. The van der Waals surface area contributed by atoms with Crippen LogP contribution in [0.25, 0.3) is 0 Å². The molecular weight excluding hydrogens is 176 g/mol. The maximum absolute atomic E-state index is 10.1. The summed E-state index contributed by atoms with van der Waals surface area (Å²) >= 11 is 0. The second-order valence-corrected chi connectivity index (χ2v) is 4.72. The zero-order chi connectivity index (χ0) is 10.6. The molecule has 0 heterocycles. The molecule has 0 aromatic rings. The molecule has 0 bridgehead atoms. The number of hydrogen-bond donors (Lipinski definition) is 2. The van der Waals surface area contributed by atoms with E-state index in [9.17, 15) is 10.2 Å². The van der Waals surface area contributed by atoms with Crippen LogP contribution < -0.4 is 0 Å². The monoisotopic (exact) mass is 200 g/mol. The van der Waals surface area contributed by atoms with Gasteiger partial charge in [0.2, 0.25) is 0 Å². The summed E-state index contributed by atoms with van der Waals surface area (Å²) in [7, 11) is 0. The van der Waals surface area contributed by atoms with Crippen molar-refractivity contribution in [2.24, 2.45) is 11.8 Å². The van der Waals surface area contributed by atoms with E-state index in [1.54, 1.807) is 0 Å². The lowest BCUT2D eigenvalue weighted by Crippen LogP contribution is -2.35. The summed E-state index contributed by atoms with van der Waals surface area (Å²) in [6, 6.07) is 0. The van der Waals surface area contributed by atoms with E-state index in [-0.39, 0.29) is 18.1 Å². The van der Waals surface area contributed by atoms with E-state index < -0.39 is 0 Å². The predicted molar refractivity (Wildman–Crippen MR) is 58.0 cm³/mol. The Morgan fingerprint density at radius 2 is 1.71 bits per heavy atom. The van der Waals surface area contributed by atoms with Crippen molar-refractivity contribution >= 4 is 0 Å². The smallest absolute Gasteiger partial charge is 0.0618 e. The lowest BCUT2D eigenvalue weighted by atomic mass is 9.79. The first-order valence-electron chi connectivity index (χ1n) is 6.03. The Hall–Kier alpha value is -0.0800. The first-order valence-corrected chi connectivity index (χ1v) is 6.03. The first-order chi connectivity index (χ1) is 6.66. The van der Waals surface area contributed by atoms with Crippen molar-refractivity contribution in [1.82, 2.24) is 0 Å². The van der Waals surface area contributed by atoms with Gasteiger partial charge in [-0.05, 0) is 25.2 Å². The lowest BCUT2D eigenvalue weighted by Gasteiger charge is -2.32. The van der Waals surface area contributed by atoms with Gasteiger partial charge >= 0.3 is 0 Å². The van der Waals surface area contributed by atoms with Crippen LogP contribution in [0.1, 0.15) is 52.4 Å².